The van der Waals surface area contributed by atoms with Crippen molar-refractivity contribution in [1.82, 2.24) is 20.2 Å². The van der Waals surface area contributed by atoms with Gasteiger partial charge >= 0.3 is 0 Å². The van der Waals surface area contributed by atoms with Crippen molar-refractivity contribution in [2.45, 2.75) is 6.54 Å². The van der Waals surface area contributed by atoms with Crippen molar-refractivity contribution in [3.8, 4) is 0 Å². The average molecular weight is 341 g/mol. The topological polar surface area (TPSA) is 79.4 Å². The standard InChI is InChI=1S/C18H23N5O2/c24-18(19-6-7-23-8-10-25-11-9-23)16-13-22-17(14-20-16)21-12-15-4-2-1-3-5-15/h1-5,13-14H,6-12H2,(H,19,24)(H,21,22). The first kappa shape index (κ1) is 17.3. The smallest absolute Gasteiger partial charge is 0.271 e. The van der Waals surface area contributed by atoms with Gasteiger partial charge in [0.05, 0.1) is 25.6 Å². The number of amides is 1. The molecule has 2 heterocycles. The van der Waals surface area contributed by atoms with Crippen LogP contribution in [-0.2, 0) is 11.3 Å². The van der Waals surface area contributed by atoms with Crippen molar-refractivity contribution in [3.05, 3.63) is 54.0 Å². The molecule has 2 aromatic rings. The highest BCUT2D eigenvalue weighted by atomic mass is 16.5. The number of benzene rings is 1. The zero-order chi connectivity index (χ0) is 17.3. The van der Waals surface area contributed by atoms with E-state index >= 15 is 0 Å². The maximum Gasteiger partial charge on any atom is 0.271 e. The molecule has 1 aliphatic heterocycles. The second-order valence-electron chi connectivity index (χ2n) is 5.84. The Balaban J connectivity index is 1.42. The van der Waals surface area contributed by atoms with E-state index in [-0.39, 0.29) is 5.91 Å². The fraction of sp³-hybridized carbons (Fsp3) is 0.389. The third-order valence-electron chi connectivity index (χ3n) is 4.02. The van der Waals surface area contributed by atoms with Crippen LogP contribution in [0, 0.1) is 0 Å². The molecule has 1 fully saturated rings. The summed E-state index contributed by atoms with van der Waals surface area (Å²) in [5.74, 6) is 0.448. The molecule has 132 valence electrons. The molecule has 0 unspecified atom stereocenters. The molecule has 0 atom stereocenters. The van der Waals surface area contributed by atoms with Gasteiger partial charge in [-0.3, -0.25) is 9.69 Å². The van der Waals surface area contributed by atoms with Crippen LogP contribution in [-0.4, -0.2) is 60.2 Å². The summed E-state index contributed by atoms with van der Waals surface area (Å²) in [6.45, 7) is 5.43. The summed E-state index contributed by atoms with van der Waals surface area (Å²) in [7, 11) is 0. The number of morpholine rings is 1. The summed E-state index contributed by atoms with van der Waals surface area (Å²) in [4.78, 5) is 22.8. The van der Waals surface area contributed by atoms with Crippen LogP contribution >= 0.6 is 0 Å². The molecule has 1 aromatic heterocycles. The predicted molar refractivity (Wildman–Crippen MR) is 95.4 cm³/mol. The van der Waals surface area contributed by atoms with Crippen molar-refractivity contribution in [3.63, 3.8) is 0 Å². The van der Waals surface area contributed by atoms with E-state index in [1.807, 2.05) is 30.3 Å². The zero-order valence-electron chi connectivity index (χ0n) is 14.1. The third kappa shape index (κ3) is 5.51. The number of carbonyl (C=O) groups is 1. The van der Waals surface area contributed by atoms with E-state index in [0.717, 1.165) is 38.4 Å². The first-order chi connectivity index (χ1) is 12.3. The van der Waals surface area contributed by atoms with Crippen LogP contribution in [0.1, 0.15) is 16.1 Å². The lowest BCUT2D eigenvalue weighted by molar-refractivity contribution is 0.0383. The highest BCUT2D eigenvalue weighted by Gasteiger charge is 2.11. The van der Waals surface area contributed by atoms with Gasteiger partial charge < -0.3 is 15.4 Å². The third-order valence-corrected chi connectivity index (χ3v) is 4.02. The minimum atomic E-state index is -0.199. The Morgan fingerprint density at radius 3 is 2.64 bits per heavy atom. The van der Waals surface area contributed by atoms with Gasteiger partial charge in [-0.1, -0.05) is 30.3 Å². The Hall–Kier alpha value is -2.51. The molecule has 0 aliphatic carbocycles. The monoisotopic (exact) mass is 341 g/mol. The minimum absolute atomic E-state index is 0.199. The Bertz CT molecular complexity index is 657. The summed E-state index contributed by atoms with van der Waals surface area (Å²) in [5.41, 5.74) is 1.49. The van der Waals surface area contributed by atoms with Crippen molar-refractivity contribution in [1.29, 1.82) is 0 Å². The fourth-order valence-corrected chi connectivity index (χ4v) is 2.57. The molecular weight excluding hydrogens is 318 g/mol. The average Bonchev–Trinajstić information content (AvgIpc) is 2.68. The first-order valence-corrected chi connectivity index (χ1v) is 8.49. The Labute approximate surface area is 147 Å². The van der Waals surface area contributed by atoms with Crippen molar-refractivity contribution in [2.75, 3.05) is 44.7 Å². The Morgan fingerprint density at radius 2 is 1.92 bits per heavy atom. The number of ether oxygens (including phenoxy) is 1. The number of anilines is 1. The lowest BCUT2D eigenvalue weighted by atomic mass is 10.2. The quantitative estimate of drug-likeness (QED) is 0.786. The molecule has 0 radical (unpaired) electrons. The maximum atomic E-state index is 12.1. The van der Waals surface area contributed by atoms with E-state index in [4.69, 9.17) is 4.74 Å². The molecule has 1 saturated heterocycles. The molecule has 1 aromatic carbocycles. The number of nitrogens with one attached hydrogen (secondary N) is 2. The second kappa shape index (κ2) is 9.10. The van der Waals surface area contributed by atoms with Crippen LogP contribution < -0.4 is 10.6 Å². The first-order valence-electron chi connectivity index (χ1n) is 8.49. The lowest BCUT2D eigenvalue weighted by Crippen LogP contribution is -2.41. The largest absolute Gasteiger partial charge is 0.379 e. The van der Waals surface area contributed by atoms with Crippen LogP contribution in [0.15, 0.2) is 42.7 Å². The van der Waals surface area contributed by atoms with E-state index < -0.39 is 0 Å². The highest BCUT2D eigenvalue weighted by Crippen LogP contribution is 2.05. The van der Waals surface area contributed by atoms with Crippen molar-refractivity contribution >= 4 is 11.7 Å². The number of nitrogens with zero attached hydrogens (tertiary/aromatic N) is 3. The van der Waals surface area contributed by atoms with E-state index in [9.17, 15) is 4.79 Å². The molecular formula is C18H23N5O2. The second-order valence-corrected chi connectivity index (χ2v) is 5.84. The molecule has 0 spiro atoms. The number of aromatic nitrogens is 2. The number of hydrogen-bond donors (Lipinski definition) is 2. The summed E-state index contributed by atoms with van der Waals surface area (Å²) < 4.78 is 5.30. The Kier molecular flexibility index (Phi) is 6.30. The molecule has 0 bridgehead atoms. The highest BCUT2D eigenvalue weighted by molar-refractivity contribution is 5.91. The van der Waals surface area contributed by atoms with Gasteiger partial charge in [0.1, 0.15) is 11.5 Å². The van der Waals surface area contributed by atoms with E-state index in [2.05, 4.69) is 25.5 Å². The van der Waals surface area contributed by atoms with E-state index in [0.29, 0.717) is 24.6 Å². The lowest BCUT2D eigenvalue weighted by Gasteiger charge is -2.26. The van der Waals surface area contributed by atoms with Crippen LogP contribution in [0.3, 0.4) is 0 Å². The molecule has 1 amide bonds. The molecule has 0 saturated carbocycles. The van der Waals surface area contributed by atoms with E-state index in [1.54, 1.807) is 6.20 Å². The predicted octanol–water partition coefficient (Wildman–Crippen LogP) is 1.15. The van der Waals surface area contributed by atoms with Gasteiger partial charge in [-0.05, 0) is 5.56 Å². The van der Waals surface area contributed by atoms with Gasteiger partial charge in [0, 0.05) is 32.7 Å². The molecule has 1 aliphatic rings. The van der Waals surface area contributed by atoms with Gasteiger partial charge in [0.2, 0.25) is 0 Å². The van der Waals surface area contributed by atoms with Gasteiger partial charge in [-0.2, -0.15) is 0 Å². The summed E-state index contributed by atoms with van der Waals surface area (Å²) in [6, 6.07) is 10.0. The molecule has 7 heteroatoms. The van der Waals surface area contributed by atoms with Crippen LogP contribution in [0.2, 0.25) is 0 Å². The van der Waals surface area contributed by atoms with Crippen LogP contribution in [0.5, 0.6) is 0 Å². The van der Waals surface area contributed by atoms with Crippen molar-refractivity contribution < 1.29 is 9.53 Å². The number of carbonyl (C=O) groups excluding carboxylic acids is 1. The van der Waals surface area contributed by atoms with Gasteiger partial charge in [0.15, 0.2) is 0 Å². The minimum Gasteiger partial charge on any atom is -0.379 e. The number of rotatable bonds is 7. The Morgan fingerprint density at radius 1 is 1.12 bits per heavy atom. The SMILES string of the molecule is O=C(NCCN1CCOCC1)c1cnc(NCc2ccccc2)cn1. The maximum absolute atomic E-state index is 12.1. The van der Waals surface area contributed by atoms with Gasteiger partial charge in [-0.25, -0.2) is 9.97 Å². The van der Waals surface area contributed by atoms with Crippen LogP contribution in [0.25, 0.3) is 0 Å². The molecule has 2 N–H and O–H groups in total. The molecule has 25 heavy (non-hydrogen) atoms. The van der Waals surface area contributed by atoms with Gasteiger partial charge in [0.25, 0.3) is 5.91 Å². The summed E-state index contributed by atoms with van der Waals surface area (Å²) in [5, 5.41) is 6.07. The van der Waals surface area contributed by atoms with Crippen molar-refractivity contribution in [2.24, 2.45) is 0 Å². The fourth-order valence-electron chi connectivity index (χ4n) is 2.57. The summed E-state index contributed by atoms with van der Waals surface area (Å²) >= 11 is 0. The molecule has 3 rings (SSSR count). The normalized spacial score (nSPS) is 14.9. The van der Waals surface area contributed by atoms with Crippen LogP contribution in [0.4, 0.5) is 5.82 Å². The summed E-state index contributed by atoms with van der Waals surface area (Å²) in [6.07, 6.45) is 3.08. The zero-order valence-corrected chi connectivity index (χ0v) is 14.1. The van der Waals surface area contributed by atoms with Gasteiger partial charge in [-0.15, -0.1) is 0 Å². The molecule has 7 nitrogen and oxygen atoms in total. The van der Waals surface area contributed by atoms with E-state index in [1.165, 1.54) is 6.20 Å². The number of hydrogen-bond acceptors (Lipinski definition) is 6.